The Morgan fingerprint density at radius 2 is 1.68 bits per heavy atom. The molecule has 2 aliphatic rings. The van der Waals surface area contributed by atoms with Crippen LogP contribution in [0.4, 0.5) is 25.8 Å². The highest BCUT2D eigenvalue weighted by atomic mass is 32.1. The van der Waals surface area contributed by atoms with Gasteiger partial charge in [-0.2, -0.15) is 5.10 Å². The van der Waals surface area contributed by atoms with Gasteiger partial charge in [-0.15, -0.1) is 0 Å². The van der Waals surface area contributed by atoms with Gasteiger partial charge >= 0.3 is 0 Å². The maximum absolute atomic E-state index is 15.3. The van der Waals surface area contributed by atoms with E-state index in [1.807, 2.05) is 21.9 Å². The van der Waals surface area contributed by atoms with Crippen molar-refractivity contribution in [1.82, 2.24) is 10.3 Å². The lowest BCUT2D eigenvalue weighted by atomic mass is 10.1. The lowest BCUT2D eigenvalue weighted by Crippen LogP contribution is -2.47. The number of benzene rings is 2. The summed E-state index contributed by atoms with van der Waals surface area (Å²) in [5.41, 5.74) is 10.7. The molecule has 4 rings (SSSR count). The molecular weight excluding hydrogens is 456 g/mol. The van der Waals surface area contributed by atoms with E-state index in [9.17, 15) is 4.39 Å². The smallest absolute Gasteiger partial charge is 0.184 e. The van der Waals surface area contributed by atoms with Crippen molar-refractivity contribution in [3.63, 3.8) is 0 Å². The third-order valence-electron chi connectivity index (χ3n) is 6.52. The van der Waals surface area contributed by atoms with Crippen LogP contribution in [0.15, 0.2) is 41.5 Å². The van der Waals surface area contributed by atoms with Crippen molar-refractivity contribution in [3.8, 4) is 0 Å². The standard InChI is InChI=1S/C24H31F2N7S/c1-30(2)18-7-8-33(16-18)22-14-23(20(26)13-17(22)15-28-29-24(27)34)32-11-9-31(10-12-32)21-6-4-3-5-19(21)25/h3-6,13-15,18H,7-12,16H2,1-2H3,(H3,27,29,34)/t18-/m1/s1. The fourth-order valence-electron chi connectivity index (χ4n) is 4.63. The Labute approximate surface area is 204 Å². The van der Waals surface area contributed by atoms with Gasteiger partial charge in [-0.25, -0.2) is 8.78 Å². The molecular formula is C24H31F2N7S. The zero-order valence-corrected chi connectivity index (χ0v) is 20.4. The van der Waals surface area contributed by atoms with E-state index in [4.69, 9.17) is 18.0 Å². The maximum atomic E-state index is 15.3. The molecule has 3 N–H and O–H groups in total. The molecule has 0 unspecified atom stereocenters. The van der Waals surface area contributed by atoms with Gasteiger partial charge in [0.2, 0.25) is 0 Å². The van der Waals surface area contributed by atoms with E-state index in [1.54, 1.807) is 18.3 Å². The number of halogens is 2. The molecule has 0 saturated carbocycles. The van der Waals surface area contributed by atoms with Gasteiger partial charge in [-0.1, -0.05) is 12.1 Å². The molecule has 2 heterocycles. The number of nitrogens with zero attached hydrogens (tertiary/aromatic N) is 5. The van der Waals surface area contributed by atoms with Crippen LogP contribution in [0.5, 0.6) is 0 Å². The van der Waals surface area contributed by atoms with E-state index in [1.165, 1.54) is 12.1 Å². The van der Waals surface area contributed by atoms with Crippen LogP contribution in [-0.4, -0.2) is 75.6 Å². The molecule has 0 aromatic heterocycles. The number of thiocarbonyl (C=S) groups is 1. The van der Waals surface area contributed by atoms with E-state index < -0.39 is 0 Å². The Bertz CT molecular complexity index is 1050. The number of nitrogens with two attached hydrogens (primary N) is 1. The van der Waals surface area contributed by atoms with Gasteiger partial charge in [0.25, 0.3) is 0 Å². The van der Waals surface area contributed by atoms with Crippen LogP contribution in [0, 0.1) is 11.6 Å². The second kappa shape index (κ2) is 10.5. The molecule has 0 spiro atoms. The second-order valence-electron chi connectivity index (χ2n) is 8.87. The van der Waals surface area contributed by atoms with Crippen molar-refractivity contribution < 1.29 is 8.78 Å². The minimum absolute atomic E-state index is 0.0523. The molecule has 2 saturated heterocycles. The Morgan fingerprint density at radius 3 is 2.29 bits per heavy atom. The first kappa shape index (κ1) is 24.2. The van der Waals surface area contributed by atoms with Crippen LogP contribution >= 0.6 is 12.2 Å². The lowest BCUT2D eigenvalue weighted by molar-refractivity contribution is 0.315. The quantitative estimate of drug-likeness (QED) is 0.369. The fourth-order valence-corrected chi connectivity index (χ4v) is 4.68. The van der Waals surface area contributed by atoms with E-state index in [-0.39, 0.29) is 16.7 Å². The van der Waals surface area contributed by atoms with Gasteiger partial charge in [-0.05, 0) is 57.0 Å². The summed E-state index contributed by atoms with van der Waals surface area (Å²) in [4.78, 5) is 8.53. The number of anilines is 3. The van der Waals surface area contributed by atoms with Crippen molar-refractivity contribution in [3.05, 3.63) is 53.6 Å². The van der Waals surface area contributed by atoms with Crippen LogP contribution in [-0.2, 0) is 0 Å². The van der Waals surface area contributed by atoms with Crippen LogP contribution in [0.2, 0.25) is 0 Å². The predicted octanol–water partition coefficient (Wildman–Crippen LogP) is 2.60. The molecule has 1 atom stereocenters. The van der Waals surface area contributed by atoms with E-state index >= 15 is 4.39 Å². The number of hydrogen-bond acceptors (Lipinski definition) is 6. The monoisotopic (exact) mass is 487 g/mol. The number of rotatable bonds is 6. The number of para-hydroxylation sites is 1. The molecule has 0 amide bonds. The molecule has 182 valence electrons. The Hall–Kier alpha value is -2.98. The fraction of sp³-hybridized carbons (Fsp3) is 0.417. The summed E-state index contributed by atoms with van der Waals surface area (Å²) in [5, 5.41) is 4.11. The number of nitrogens with one attached hydrogen (secondary N) is 1. The van der Waals surface area contributed by atoms with Crippen LogP contribution in [0.3, 0.4) is 0 Å². The van der Waals surface area contributed by atoms with Crippen LogP contribution in [0.1, 0.15) is 12.0 Å². The molecule has 0 radical (unpaired) electrons. The Balaban J connectivity index is 1.57. The van der Waals surface area contributed by atoms with Crippen molar-refractivity contribution >= 4 is 40.6 Å². The number of hydrazone groups is 1. The summed E-state index contributed by atoms with van der Waals surface area (Å²) in [6.07, 6.45) is 2.59. The van der Waals surface area contributed by atoms with Crippen molar-refractivity contribution in [2.75, 3.05) is 68.1 Å². The van der Waals surface area contributed by atoms with Gasteiger partial charge in [-0.3, -0.25) is 5.43 Å². The summed E-state index contributed by atoms with van der Waals surface area (Å²) in [5.74, 6) is -0.550. The first-order valence-corrected chi connectivity index (χ1v) is 11.8. The minimum atomic E-state index is -0.316. The van der Waals surface area contributed by atoms with Gasteiger partial charge in [0, 0.05) is 56.6 Å². The summed E-state index contributed by atoms with van der Waals surface area (Å²) >= 11 is 4.81. The third-order valence-corrected chi connectivity index (χ3v) is 6.61. The largest absolute Gasteiger partial charge is 0.375 e. The number of hydrogen-bond donors (Lipinski definition) is 2. The van der Waals surface area contributed by atoms with Crippen molar-refractivity contribution in [1.29, 1.82) is 0 Å². The van der Waals surface area contributed by atoms with Crippen LogP contribution in [0.25, 0.3) is 0 Å². The van der Waals surface area contributed by atoms with E-state index in [0.717, 1.165) is 25.2 Å². The van der Waals surface area contributed by atoms with E-state index in [0.29, 0.717) is 49.2 Å². The van der Waals surface area contributed by atoms with Gasteiger partial charge < -0.3 is 25.3 Å². The molecule has 34 heavy (non-hydrogen) atoms. The average Bonchev–Trinajstić information content (AvgIpc) is 3.30. The maximum Gasteiger partial charge on any atom is 0.184 e. The average molecular weight is 488 g/mol. The first-order valence-electron chi connectivity index (χ1n) is 11.4. The van der Waals surface area contributed by atoms with Gasteiger partial charge in [0.1, 0.15) is 11.6 Å². The Kier molecular flexibility index (Phi) is 7.47. The number of piperazine rings is 1. The molecule has 10 heteroatoms. The van der Waals surface area contributed by atoms with Crippen LogP contribution < -0.4 is 25.9 Å². The predicted molar refractivity (Wildman–Crippen MR) is 139 cm³/mol. The zero-order valence-electron chi connectivity index (χ0n) is 19.5. The van der Waals surface area contributed by atoms with Crippen molar-refractivity contribution in [2.24, 2.45) is 10.8 Å². The summed E-state index contributed by atoms with van der Waals surface area (Å²) in [6.45, 7) is 4.15. The van der Waals surface area contributed by atoms with Gasteiger partial charge in [0.15, 0.2) is 5.11 Å². The molecule has 7 nitrogen and oxygen atoms in total. The second-order valence-corrected chi connectivity index (χ2v) is 9.31. The van der Waals surface area contributed by atoms with Gasteiger partial charge in [0.05, 0.1) is 17.6 Å². The Morgan fingerprint density at radius 1 is 1.00 bits per heavy atom. The molecule has 0 bridgehead atoms. The summed E-state index contributed by atoms with van der Waals surface area (Å²) < 4.78 is 29.5. The molecule has 2 aromatic carbocycles. The summed E-state index contributed by atoms with van der Waals surface area (Å²) in [7, 11) is 4.15. The molecule has 2 fully saturated rings. The normalized spacial score (nSPS) is 18.9. The molecule has 0 aliphatic carbocycles. The highest BCUT2D eigenvalue weighted by Gasteiger charge is 2.28. The highest BCUT2D eigenvalue weighted by Crippen LogP contribution is 2.33. The summed E-state index contributed by atoms with van der Waals surface area (Å²) in [6, 6.07) is 10.6. The minimum Gasteiger partial charge on any atom is -0.375 e. The molecule has 2 aromatic rings. The third kappa shape index (κ3) is 5.39. The first-order chi connectivity index (χ1) is 16.3. The SMILES string of the molecule is CN(C)[C@@H]1CCN(c2cc(N3CCN(c4ccccc4F)CC3)c(F)cc2C=NNC(N)=S)C1. The van der Waals surface area contributed by atoms with Crippen molar-refractivity contribution in [2.45, 2.75) is 12.5 Å². The van der Waals surface area contributed by atoms with E-state index in [2.05, 4.69) is 34.4 Å². The lowest BCUT2D eigenvalue weighted by Gasteiger charge is -2.38. The highest BCUT2D eigenvalue weighted by molar-refractivity contribution is 7.80. The molecule has 2 aliphatic heterocycles. The topological polar surface area (TPSA) is 63.4 Å². The number of likely N-dealkylation sites (N-methyl/N-ethyl adjacent to an activating group) is 1. The zero-order chi connectivity index (χ0) is 24.2.